The predicted octanol–water partition coefficient (Wildman–Crippen LogP) is 2.07. The fraction of sp³-hybridized carbons (Fsp3) is 0.250. The fourth-order valence-corrected chi connectivity index (χ4v) is 1.77. The van der Waals surface area contributed by atoms with Crippen molar-refractivity contribution < 1.29 is 13.5 Å². The lowest BCUT2D eigenvalue weighted by Gasteiger charge is -2.02. The maximum Gasteiger partial charge on any atom is 0.186 e. The lowest BCUT2D eigenvalue weighted by molar-refractivity contribution is 0.184. The first kappa shape index (κ1) is 10.7. The maximum atomic E-state index is 10.7. The van der Waals surface area contributed by atoms with E-state index in [-0.39, 0.29) is 0 Å². The minimum atomic E-state index is -1.99. The van der Waals surface area contributed by atoms with Gasteiger partial charge in [0.05, 0.1) is 11.5 Å². The highest BCUT2D eigenvalue weighted by molar-refractivity contribution is 7.79. The van der Waals surface area contributed by atoms with Crippen molar-refractivity contribution in [2.45, 2.75) is 11.5 Å². The van der Waals surface area contributed by atoms with Crippen molar-refractivity contribution in [1.29, 1.82) is 0 Å². The minimum Gasteiger partial charge on any atom is -0.380 e. The molecule has 72 valence electrons. The molecule has 0 saturated heterocycles. The van der Waals surface area contributed by atoms with Crippen LogP contribution in [0.1, 0.15) is 5.56 Å². The first-order chi connectivity index (χ1) is 6.13. The lowest BCUT2D eigenvalue weighted by Crippen LogP contribution is -1.93. The molecule has 1 aromatic carbocycles. The van der Waals surface area contributed by atoms with Crippen molar-refractivity contribution in [1.82, 2.24) is 0 Å². The summed E-state index contributed by atoms with van der Waals surface area (Å²) >= 11 is 3.74. The molecular formula is C8H9ClO3S. The second kappa shape index (κ2) is 4.72. The topological polar surface area (TPSA) is 46.5 Å². The van der Waals surface area contributed by atoms with E-state index in [1.165, 1.54) is 6.07 Å². The predicted molar refractivity (Wildman–Crippen MR) is 51.2 cm³/mol. The zero-order valence-corrected chi connectivity index (χ0v) is 8.56. The molecular weight excluding hydrogens is 212 g/mol. The van der Waals surface area contributed by atoms with Crippen LogP contribution in [0, 0.1) is 0 Å². The van der Waals surface area contributed by atoms with Crippen LogP contribution in [0.2, 0.25) is 5.02 Å². The maximum absolute atomic E-state index is 10.7. The summed E-state index contributed by atoms with van der Waals surface area (Å²) < 4.78 is 24.4. The third-order valence-electron chi connectivity index (χ3n) is 1.44. The molecule has 5 heteroatoms. The molecule has 1 rings (SSSR count). The average molecular weight is 221 g/mol. The van der Waals surface area contributed by atoms with Crippen LogP contribution in [0.3, 0.4) is 0 Å². The van der Waals surface area contributed by atoms with E-state index in [0.717, 1.165) is 5.56 Å². The van der Waals surface area contributed by atoms with Gasteiger partial charge < -0.3 is 9.29 Å². The van der Waals surface area contributed by atoms with Crippen LogP contribution in [0.4, 0.5) is 0 Å². The van der Waals surface area contributed by atoms with Crippen LogP contribution in [0.15, 0.2) is 23.1 Å². The molecule has 0 aliphatic heterocycles. The van der Waals surface area contributed by atoms with Crippen LogP contribution in [0.5, 0.6) is 0 Å². The summed E-state index contributed by atoms with van der Waals surface area (Å²) in [5, 5.41) is 0.437. The third-order valence-corrected chi connectivity index (χ3v) is 2.30. The van der Waals surface area contributed by atoms with Crippen molar-refractivity contribution in [2.24, 2.45) is 0 Å². The van der Waals surface area contributed by atoms with Gasteiger partial charge in [-0.1, -0.05) is 11.6 Å². The normalized spacial score (nSPS) is 12.8. The van der Waals surface area contributed by atoms with Gasteiger partial charge in [0.15, 0.2) is 11.1 Å². The molecule has 13 heavy (non-hydrogen) atoms. The van der Waals surface area contributed by atoms with Crippen LogP contribution in [0.25, 0.3) is 0 Å². The third kappa shape index (κ3) is 3.08. The highest BCUT2D eigenvalue weighted by atomic mass is 35.5. The summed E-state index contributed by atoms with van der Waals surface area (Å²) in [6, 6.07) is 4.74. The van der Waals surface area contributed by atoms with Gasteiger partial charge in [-0.2, -0.15) is 0 Å². The summed E-state index contributed by atoms with van der Waals surface area (Å²) in [6.45, 7) is 0.380. The van der Waals surface area contributed by atoms with Crippen LogP contribution < -0.4 is 0 Å². The zero-order chi connectivity index (χ0) is 9.84. The van der Waals surface area contributed by atoms with Gasteiger partial charge in [-0.3, -0.25) is 0 Å². The Hall–Kier alpha value is -0.420. The number of hydrogen-bond donors (Lipinski definition) is 1. The van der Waals surface area contributed by atoms with Crippen molar-refractivity contribution in [3.63, 3.8) is 0 Å². The smallest absolute Gasteiger partial charge is 0.186 e. The minimum absolute atomic E-state index is 0.291. The summed E-state index contributed by atoms with van der Waals surface area (Å²) in [7, 11) is 1.55. The van der Waals surface area contributed by atoms with Gasteiger partial charge in [0, 0.05) is 12.1 Å². The molecule has 1 aromatic rings. The number of ether oxygens (including phenoxy) is 1. The largest absolute Gasteiger partial charge is 0.380 e. The zero-order valence-electron chi connectivity index (χ0n) is 6.99. The molecule has 0 amide bonds. The lowest BCUT2D eigenvalue weighted by atomic mass is 10.2. The molecule has 0 fully saturated rings. The van der Waals surface area contributed by atoms with Crippen LogP contribution in [-0.2, 0) is 22.4 Å². The summed E-state index contributed by atoms with van der Waals surface area (Å²) in [6.07, 6.45) is 0. The SMILES string of the molecule is COCc1cc(Cl)cc(S(=O)O)c1. The number of benzene rings is 1. The van der Waals surface area contributed by atoms with Gasteiger partial charge in [-0.05, 0) is 23.8 Å². The highest BCUT2D eigenvalue weighted by Gasteiger charge is 2.03. The molecule has 0 aromatic heterocycles. The van der Waals surface area contributed by atoms with E-state index in [9.17, 15) is 4.21 Å². The molecule has 0 radical (unpaired) electrons. The Morgan fingerprint density at radius 2 is 2.23 bits per heavy atom. The highest BCUT2D eigenvalue weighted by Crippen LogP contribution is 2.17. The van der Waals surface area contributed by atoms with E-state index in [1.54, 1.807) is 19.2 Å². The Balaban J connectivity index is 3.03. The van der Waals surface area contributed by atoms with Gasteiger partial charge in [0.2, 0.25) is 0 Å². The standard InChI is InChI=1S/C8H9ClO3S/c1-12-5-6-2-7(9)4-8(3-6)13(10)11/h2-4H,5H2,1H3,(H,10,11). The van der Waals surface area contributed by atoms with Crippen molar-refractivity contribution in [2.75, 3.05) is 7.11 Å². The van der Waals surface area contributed by atoms with E-state index in [0.29, 0.717) is 16.5 Å². The van der Waals surface area contributed by atoms with Gasteiger partial charge in [0.25, 0.3) is 0 Å². The van der Waals surface area contributed by atoms with E-state index in [1.807, 2.05) is 0 Å². The Labute approximate surface area is 84.0 Å². The first-order valence-corrected chi connectivity index (χ1v) is 5.01. The fourth-order valence-electron chi connectivity index (χ4n) is 0.972. The van der Waals surface area contributed by atoms with Crippen molar-refractivity contribution in [3.05, 3.63) is 28.8 Å². The number of methoxy groups -OCH3 is 1. The molecule has 3 nitrogen and oxygen atoms in total. The second-order valence-corrected chi connectivity index (χ2v) is 3.88. The molecule has 0 aliphatic carbocycles. The molecule has 0 spiro atoms. The van der Waals surface area contributed by atoms with Crippen molar-refractivity contribution in [3.8, 4) is 0 Å². The van der Waals surface area contributed by atoms with E-state index in [4.69, 9.17) is 20.9 Å². The number of hydrogen-bond acceptors (Lipinski definition) is 2. The molecule has 1 N–H and O–H groups in total. The number of rotatable bonds is 3. The molecule has 0 saturated carbocycles. The molecule has 1 unspecified atom stereocenters. The monoisotopic (exact) mass is 220 g/mol. The second-order valence-electron chi connectivity index (χ2n) is 2.48. The Morgan fingerprint density at radius 3 is 2.77 bits per heavy atom. The summed E-state index contributed by atoms with van der Waals surface area (Å²) in [4.78, 5) is 0.291. The van der Waals surface area contributed by atoms with Crippen LogP contribution >= 0.6 is 11.6 Å². The first-order valence-electron chi connectivity index (χ1n) is 3.52. The van der Waals surface area contributed by atoms with Gasteiger partial charge in [-0.15, -0.1) is 0 Å². The van der Waals surface area contributed by atoms with Gasteiger partial charge in [-0.25, -0.2) is 4.21 Å². The molecule has 0 bridgehead atoms. The Morgan fingerprint density at radius 1 is 1.54 bits per heavy atom. The average Bonchev–Trinajstić information content (AvgIpc) is 2.03. The Bertz CT molecular complexity index is 327. The van der Waals surface area contributed by atoms with Gasteiger partial charge >= 0.3 is 0 Å². The number of halogens is 1. The van der Waals surface area contributed by atoms with Crippen LogP contribution in [-0.4, -0.2) is 15.9 Å². The quantitative estimate of drug-likeness (QED) is 0.794. The van der Waals surface area contributed by atoms with Gasteiger partial charge in [0.1, 0.15) is 0 Å². The Kier molecular flexibility index (Phi) is 3.87. The van der Waals surface area contributed by atoms with Crippen molar-refractivity contribution >= 4 is 22.7 Å². The van der Waals surface area contributed by atoms with E-state index >= 15 is 0 Å². The molecule has 0 heterocycles. The molecule has 1 atom stereocenters. The van der Waals surface area contributed by atoms with E-state index in [2.05, 4.69) is 0 Å². The molecule has 0 aliphatic rings. The summed E-state index contributed by atoms with van der Waals surface area (Å²) in [5.41, 5.74) is 0.785. The van der Waals surface area contributed by atoms with E-state index < -0.39 is 11.1 Å². The summed E-state index contributed by atoms with van der Waals surface area (Å²) in [5.74, 6) is 0.